The van der Waals surface area contributed by atoms with Gasteiger partial charge in [-0.2, -0.15) is 0 Å². The molecular formula is C25H21ClN2O5S. The minimum absolute atomic E-state index is 0.260. The van der Waals surface area contributed by atoms with Crippen LogP contribution in [0.2, 0.25) is 5.02 Å². The highest BCUT2D eigenvalue weighted by molar-refractivity contribution is 8.19. The molecule has 2 amide bonds. The van der Waals surface area contributed by atoms with Crippen molar-refractivity contribution in [2.45, 2.75) is 13.8 Å². The molecule has 0 bridgehead atoms. The molecule has 1 aromatic heterocycles. The molecule has 9 heteroatoms. The van der Waals surface area contributed by atoms with Gasteiger partial charge in [-0.15, -0.1) is 0 Å². The third kappa shape index (κ3) is 4.22. The van der Waals surface area contributed by atoms with Gasteiger partial charge in [0, 0.05) is 17.1 Å². The molecule has 2 aromatic carbocycles. The number of hydrogen-bond acceptors (Lipinski definition) is 6. The van der Waals surface area contributed by atoms with Gasteiger partial charge >= 0.3 is 5.97 Å². The van der Waals surface area contributed by atoms with E-state index < -0.39 is 5.97 Å². The van der Waals surface area contributed by atoms with Crippen LogP contribution in [0.5, 0.6) is 5.75 Å². The van der Waals surface area contributed by atoms with Gasteiger partial charge in [0.15, 0.2) is 0 Å². The molecule has 0 N–H and O–H groups in total. The molecule has 0 atom stereocenters. The normalized spacial score (nSPS) is 14.7. The number of esters is 1. The molecule has 174 valence electrons. The number of imide groups is 1. The highest BCUT2D eigenvalue weighted by atomic mass is 35.5. The molecule has 0 radical (unpaired) electrons. The smallest absolute Gasteiger partial charge is 0.339 e. The highest BCUT2D eigenvalue weighted by Crippen LogP contribution is 2.37. The van der Waals surface area contributed by atoms with Crippen LogP contribution in [0, 0.1) is 13.8 Å². The molecule has 1 aliphatic rings. The average molecular weight is 497 g/mol. The highest BCUT2D eigenvalue weighted by Gasteiger charge is 2.36. The number of ether oxygens (including phenoxy) is 2. The summed E-state index contributed by atoms with van der Waals surface area (Å²) in [7, 11) is 2.85. The van der Waals surface area contributed by atoms with Crippen LogP contribution in [0.25, 0.3) is 11.8 Å². The number of thioether (sulfide) groups is 1. The molecule has 7 nitrogen and oxygen atoms in total. The van der Waals surface area contributed by atoms with Crippen molar-refractivity contribution in [2.75, 3.05) is 19.1 Å². The number of hydrogen-bond donors (Lipinski definition) is 0. The van der Waals surface area contributed by atoms with Gasteiger partial charge in [-0.05, 0) is 85.8 Å². The molecule has 0 unspecified atom stereocenters. The summed E-state index contributed by atoms with van der Waals surface area (Å²) in [5.74, 6) is -0.276. The predicted octanol–water partition coefficient (Wildman–Crippen LogP) is 5.78. The molecule has 34 heavy (non-hydrogen) atoms. The molecular weight excluding hydrogens is 476 g/mol. The van der Waals surface area contributed by atoms with E-state index in [-0.39, 0.29) is 16.7 Å². The molecule has 0 saturated carbocycles. The van der Waals surface area contributed by atoms with Crippen molar-refractivity contribution in [2.24, 2.45) is 0 Å². The van der Waals surface area contributed by atoms with Crippen molar-refractivity contribution >= 4 is 52.2 Å². The molecule has 2 heterocycles. The second-order valence-electron chi connectivity index (χ2n) is 7.53. The molecule has 3 aromatic rings. The fourth-order valence-corrected chi connectivity index (χ4v) is 4.84. The van der Waals surface area contributed by atoms with Crippen molar-refractivity contribution < 1.29 is 23.9 Å². The molecule has 1 saturated heterocycles. The van der Waals surface area contributed by atoms with Gasteiger partial charge in [-0.25, -0.2) is 9.69 Å². The first-order chi connectivity index (χ1) is 16.2. The van der Waals surface area contributed by atoms with E-state index in [1.807, 2.05) is 24.5 Å². The average Bonchev–Trinajstić information content (AvgIpc) is 3.27. The van der Waals surface area contributed by atoms with Crippen LogP contribution >= 0.6 is 23.4 Å². The third-order valence-corrected chi connectivity index (χ3v) is 6.69. The summed E-state index contributed by atoms with van der Waals surface area (Å²) in [6, 6.07) is 13.8. The molecule has 0 aliphatic carbocycles. The lowest BCUT2D eigenvalue weighted by molar-refractivity contribution is -0.113. The van der Waals surface area contributed by atoms with Crippen molar-refractivity contribution in [3.8, 4) is 11.4 Å². The van der Waals surface area contributed by atoms with Crippen molar-refractivity contribution in [1.82, 2.24) is 4.57 Å². The van der Waals surface area contributed by atoms with Gasteiger partial charge in [0.2, 0.25) is 0 Å². The van der Waals surface area contributed by atoms with E-state index >= 15 is 0 Å². The lowest BCUT2D eigenvalue weighted by Gasteiger charge is -2.13. The number of rotatable bonds is 5. The number of amides is 2. The summed E-state index contributed by atoms with van der Waals surface area (Å²) in [6.07, 6.45) is 1.71. The number of benzene rings is 2. The maximum absolute atomic E-state index is 13.1. The van der Waals surface area contributed by atoms with Gasteiger partial charge in [0.1, 0.15) is 5.75 Å². The fraction of sp³-hybridized carbons (Fsp3) is 0.160. The first-order valence-corrected chi connectivity index (χ1v) is 11.4. The van der Waals surface area contributed by atoms with Crippen LogP contribution in [-0.2, 0) is 9.53 Å². The Kier molecular flexibility index (Phi) is 6.54. The van der Waals surface area contributed by atoms with Crippen LogP contribution in [0.4, 0.5) is 10.5 Å². The topological polar surface area (TPSA) is 77.8 Å². The lowest BCUT2D eigenvalue weighted by Crippen LogP contribution is -2.27. The van der Waals surface area contributed by atoms with Crippen molar-refractivity contribution in [1.29, 1.82) is 0 Å². The predicted molar refractivity (Wildman–Crippen MR) is 133 cm³/mol. The first-order valence-electron chi connectivity index (χ1n) is 10.2. The Balaban J connectivity index is 1.69. The monoisotopic (exact) mass is 496 g/mol. The number of methoxy groups -OCH3 is 2. The van der Waals surface area contributed by atoms with Crippen LogP contribution in [0.3, 0.4) is 0 Å². The lowest BCUT2D eigenvalue weighted by atomic mass is 10.2. The largest absolute Gasteiger partial charge is 0.497 e. The van der Waals surface area contributed by atoms with Gasteiger partial charge < -0.3 is 14.0 Å². The van der Waals surface area contributed by atoms with Gasteiger partial charge in [0.05, 0.1) is 35.4 Å². The zero-order valence-electron chi connectivity index (χ0n) is 18.9. The molecule has 0 spiro atoms. The minimum Gasteiger partial charge on any atom is -0.497 e. The van der Waals surface area contributed by atoms with Gasteiger partial charge in [0.25, 0.3) is 11.1 Å². The van der Waals surface area contributed by atoms with Crippen LogP contribution < -0.4 is 9.64 Å². The Hall–Kier alpha value is -3.49. The summed E-state index contributed by atoms with van der Waals surface area (Å²) in [5.41, 5.74) is 3.98. The zero-order valence-corrected chi connectivity index (χ0v) is 20.5. The molecule has 4 rings (SSSR count). The Morgan fingerprint density at radius 2 is 1.68 bits per heavy atom. The van der Waals surface area contributed by atoms with Crippen molar-refractivity contribution in [3.05, 3.63) is 81.0 Å². The summed E-state index contributed by atoms with van der Waals surface area (Å²) < 4.78 is 11.9. The maximum atomic E-state index is 13.1. The number of anilines is 1. The van der Waals surface area contributed by atoms with E-state index in [1.54, 1.807) is 55.7 Å². The van der Waals surface area contributed by atoms with Crippen LogP contribution in [-0.4, -0.2) is 35.9 Å². The van der Waals surface area contributed by atoms with E-state index in [1.165, 1.54) is 7.11 Å². The summed E-state index contributed by atoms with van der Waals surface area (Å²) in [5, 5.41) is -0.0684. The molecule has 1 aliphatic heterocycles. The zero-order chi connectivity index (χ0) is 24.6. The Morgan fingerprint density at radius 1 is 1.00 bits per heavy atom. The second-order valence-corrected chi connectivity index (χ2v) is 8.93. The van der Waals surface area contributed by atoms with Gasteiger partial charge in [-0.3, -0.25) is 9.59 Å². The number of halogens is 1. The fourth-order valence-electron chi connectivity index (χ4n) is 3.81. The number of carbonyl (C=O) groups excluding carboxylic acids is 3. The third-order valence-electron chi connectivity index (χ3n) is 5.49. The van der Waals surface area contributed by atoms with E-state index in [0.717, 1.165) is 39.3 Å². The van der Waals surface area contributed by atoms with E-state index in [2.05, 4.69) is 0 Å². The first kappa shape index (κ1) is 23.7. The number of nitrogens with zero attached hydrogens (tertiary/aromatic N) is 2. The summed E-state index contributed by atoms with van der Waals surface area (Å²) in [6.45, 7) is 3.82. The van der Waals surface area contributed by atoms with Crippen LogP contribution in [0.15, 0.2) is 53.4 Å². The number of aryl methyl sites for hydroxylation is 1. The van der Waals surface area contributed by atoms with Crippen molar-refractivity contribution in [3.63, 3.8) is 0 Å². The van der Waals surface area contributed by atoms with E-state index in [4.69, 9.17) is 21.1 Å². The Morgan fingerprint density at radius 3 is 2.32 bits per heavy atom. The maximum Gasteiger partial charge on any atom is 0.339 e. The Bertz CT molecular complexity index is 1340. The summed E-state index contributed by atoms with van der Waals surface area (Å²) >= 11 is 7.05. The Labute approximate surface area is 205 Å². The van der Waals surface area contributed by atoms with E-state index in [0.29, 0.717) is 21.4 Å². The standard InChI is InChI=1S/C25H21ClN2O5S/c1-14-11-16(15(2)27(14)18-7-10-21(26)20(13-18)24(30)33-4)12-22-23(29)28(25(31)34-22)17-5-8-19(32-3)9-6-17/h5-13H,1-4H3/b22-12-. The van der Waals surface area contributed by atoms with Gasteiger partial charge in [-0.1, -0.05) is 11.6 Å². The minimum atomic E-state index is -0.526. The number of aromatic nitrogens is 1. The number of carbonyl (C=O) groups is 3. The second kappa shape index (κ2) is 9.40. The van der Waals surface area contributed by atoms with Crippen LogP contribution in [0.1, 0.15) is 27.3 Å². The SMILES string of the molecule is COC(=O)c1cc(-n2c(C)cc(/C=C3\SC(=O)N(c4ccc(OC)cc4)C3=O)c2C)ccc1Cl. The molecule has 1 fully saturated rings. The quantitative estimate of drug-likeness (QED) is 0.329. The van der Waals surface area contributed by atoms with E-state index in [9.17, 15) is 14.4 Å². The summed E-state index contributed by atoms with van der Waals surface area (Å²) in [4.78, 5) is 39.2.